The fourth-order valence-corrected chi connectivity index (χ4v) is 2.29. The molecule has 0 aliphatic carbocycles. The van der Waals surface area contributed by atoms with Gasteiger partial charge in [0.05, 0.1) is 10.2 Å². The number of nitrogens with zero attached hydrogens (tertiary/aromatic N) is 2. The summed E-state index contributed by atoms with van der Waals surface area (Å²) >= 11 is 7.67. The van der Waals surface area contributed by atoms with Crippen molar-refractivity contribution in [3.63, 3.8) is 0 Å². The molecule has 1 saturated heterocycles. The van der Waals surface area contributed by atoms with E-state index in [0.29, 0.717) is 13.0 Å². The van der Waals surface area contributed by atoms with Gasteiger partial charge in [-0.25, -0.2) is 0 Å². The average Bonchev–Trinajstić information content (AvgIpc) is 2.46. The number of pyridine rings is 1. The summed E-state index contributed by atoms with van der Waals surface area (Å²) in [5.74, 6) is 0.122. The highest BCUT2D eigenvalue weighted by molar-refractivity contribution is 9.10. The number of hydrogen-bond donors (Lipinski definition) is 1. The maximum absolute atomic E-state index is 11.6. The summed E-state index contributed by atoms with van der Waals surface area (Å²) in [6, 6.07) is 1.83. The van der Waals surface area contributed by atoms with E-state index in [-0.39, 0.29) is 11.2 Å². The monoisotopic (exact) mass is 272 g/mol. The van der Waals surface area contributed by atoms with Crippen molar-refractivity contribution in [1.29, 1.82) is 0 Å². The lowest BCUT2D eigenvalue weighted by Gasteiger charge is -2.16. The number of anilines is 1. The topological polar surface area (TPSA) is 33.2 Å². The molecule has 0 saturated carbocycles. The highest BCUT2D eigenvalue weighted by Crippen LogP contribution is 2.29. The first-order valence-corrected chi connectivity index (χ1v) is 5.57. The van der Waals surface area contributed by atoms with Crippen LogP contribution in [-0.4, -0.2) is 22.7 Å². The molecule has 1 aromatic rings. The molecule has 14 heavy (non-hydrogen) atoms. The van der Waals surface area contributed by atoms with Crippen molar-refractivity contribution < 1.29 is 4.79 Å². The maximum atomic E-state index is 11.6. The van der Waals surface area contributed by atoms with Crippen LogP contribution in [0.2, 0.25) is 0 Å². The van der Waals surface area contributed by atoms with Crippen LogP contribution in [0.5, 0.6) is 0 Å². The molecule has 1 unspecified atom stereocenters. The molecule has 0 radical (unpaired) electrons. The van der Waals surface area contributed by atoms with Crippen molar-refractivity contribution in [3.8, 4) is 0 Å². The first-order chi connectivity index (χ1) is 6.68. The zero-order chi connectivity index (χ0) is 10.1. The van der Waals surface area contributed by atoms with Gasteiger partial charge in [-0.3, -0.25) is 9.78 Å². The van der Waals surface area contributed by atoms with Crippen molar-refractivity contribution in [1.82, 2.24) is 4.98 Å². The number of halogens is 1. The quantitative estimate of drug-likeness (QED) is 0.792. The predicted molar refractivity (Wildman–Crippen MR) is 61.7 cm³/mol. The smallest absolute Gasteiger partial charge is 0.228 e. The number of amides is 1. The summed E-state index contributed by atoms with van der Waals surface area (Å²) in [6.07, 6.45) is 3.88. The van der Waals surface area contributed by atoms with E-state index in [1.165, 1.54) is 0 Å². The Morgan fingerprint density at radius 2 is 2.43 bits per heavy atom. The minimum atomic E-state index is 0.122. The highest BCUT2D eigenvalue weighted by atomic mass is 79.9. The van der Waals surface area contributed by atoms with E-state index < -0.39 is 0 Å². The van der Waals surface area contributed by atoms with Crippen molar-refractivity contribution >= 4 is 40.2 Å². The van der Waals surface area contributed by atoms with Crippen LogP contribution in [0.25, 0.3) is 0 Å². The van der Waals surface area contributed by atoms with Crippen LogP contribution >= 0.6 is 28.6 Å². The Morgan fingerprint density at radius 1 is 1.64 bits per heavy atom. The van der Waals surface area contributed by atoms with E-state index in [2.05, 4.69) is 33.5 Å². The molecule has 1 atom stereocenters. The van der Waals surface area contributed by atoms with Crippen LogP contribution in [0.4, 0.5) is 5.69 Å². The molecule has 1 amide bonds. The summed E-state index contributed by atoms with van der Waals surface area (Å²) in [7, 11) is 0. The predicted octanol–water partition coefficient (Wildman–Crippen LogP) is 1.88. The summed E-state index contributed by atoms with van der Waals surface area (Å²) in [4.78, 5) is 17.3. The molecule has 1 fully saturated rings. The Morgan fingerprint density at radius 3 is 3.00 bits per heavy atom. The molecule has 2 rings (SSSR count). The van der Waals surface area contributed by atoms with E-state index in [9.17, 15) is 4.79 Å². The first kappa shape index (κ1) is 9.98. The normalized spacial score (nSPS) is 21.7. The van der Waals surface area contributed by atoms with Gasteiger partial charge in [0.1, 0.15) is 0 Å². The highest BCUT2D eigenvalue weighted by Gasteiger charge is 2.29. The lowest BCUT2D eigenvalue weighted by atomic mass is 10.3. The maximum Gasteiger partial charge on any atom is 0.228 e. The second kappa shape index (κ2) is 3.90. The largest absolute Gasteiger partial charge is 0.310 e. The molecule has 74 valence electrons. The van der Waals surface area contributed by atoms with Crippen molar-refractivity contribution in [2.45, 2.75) is 11.7 Å². The van der Waals surface area contributed by atoms with Gasteiger partial charge in [-0.05, 0) is 22.0 Å². The Hall–Kier alpha value is -0.550. The van der Waals surface area contributed by atoms with E-state index in [4.69, 9.17) is 0 Å². The number of aromatic nitrogens is 1. The average molecular weight is 273 g/mol. The molecular weight excluding hydrogens is 264 g/mol. The third-order valence-corrected chi connectivity index (χ3v) is 3.10. The molecule has 5 heteroatoms. The third kappa shape index (κ3) is 1.79. The molecule has 0 aromatic carbocycles. The fourth-order valence-electron chi connectivity index (χ4n) is 1.51. The van der Waals surface area contributed by atoms with Gasteiger partial charge in [0.25, 0.3) is 0 Å². The second-order valence-corrected chi connectivity index (χ2v) is 4.77. The van der Waals surface area contributed by atoms with Crippen LogP contribution in [-0.2, 0) is 4.79 Å². The van der Waals surface area contributed by atoms with Gasteiger partial charge in [-0.1, -0.05) is 0 Å². The number of hydrogen-bond acceptors (Lipinski definition) is 3. The number of carbonyl (C=O) groups is 1. The Kier molecular flexibility index (Phi) is 2.78. The van der Waals surface area contributed by atoms with Gasteiger partial charge < -0.3 is 4.90 Å². The Labute approximate surface area is 96.0 Å². The van der Waals surface area contributed by atoms with Gasteiger partial charge in [0.2, 0.25) is 5.91 Å². The SMILES string of the molecule is O=C1CC(S)CN1c1ccncc1Br. The van der Waals surface area contributed by atoms with E-state index in [1.807, 2.05) is 6.07 Å². The van der Waals surface area contributed by atoms with Gasteiger partial charge >= 0.3 is 0 Å². The number of rotatable bonds is 1. The summed E-state index contributed by atoms with van der Waals surface area (Å²) in [5, 5.41) is 0.141. The van der Waals surface area contributed by atoms with Crippen LogP contribution in [0.3, 0.4) is 0 Å². The zero-order valence-corrected chi connectivity index (χ0v) is 9.83. The number of carbonyl (C=O) groups excluding carboxylic acids is 1. The summed E-state index contributed by atoms with van der Waals surface area (Å²) in [5.41, 5.74) is 0.876. The Bertz CT molecular complexity index is 372. The van der Waals surface area contributed by atoms with Crippen LogP contribution < -0.4 is 4.90 Å². The van der Waals surface area contributed by atoms with Crippen molar-refractivity contribution in [2.75, 3.05) is 11.4 Å². The summed E-state index contributed by atoms with van der Waals surface area (Å²) in [6.45, 7) is 0.671. The molecule has 3 nitrogen and oxygen atoms in total. The van der Waals surface area contributed by atoms with E-state index in [0.717, 1.165) is 10.2 Å². The second-order valence-electron chi connectivity index (χ2n) is 3.19. The van der Waals surface area contributed by atoms with E-state index >= 15 is 0 Å². The van der Waals surface area contributed by atoms with Crippen LogP contribution in [0, 0.1) is 0 Å². The van der Waals surface area contributed by atoms with E-state index in [1.54, 1.807) is 17.3 Å². The van der Waals surface area contributed by atoms with Crippen LogP contribution in [0.1, 0.15) is 6.42 Å². The summed E-state index contributed by atoms with van der Waals surface area (Å²) < 4.78 is 0.843. The molecule has 0 N–H and O–H groups in total. The lowest BCUT2D eigenvalue weighted by Crippen LogP contribution is -2.24. The van der Waals surface area contributed by atoms with Gasteiger partial charge in [-0.2, -0.15) is 12.6 Å². The minimum absolute atomic E-state index is 0.122. The lowest BCUT2D eigenvalue weighted by molar-refractivity contribution is -0.117. The zero-order valence-electron chi connectivity index (χ0n) is 7.35. The molecule has 1 aliphatic rings. The minimum Gasteiger partial charge on any atom is -0.310 e. The molecular formula is C9H9BrN2OS. The Balaban J connectivity index is 2.32. The molecule has 2 heterocycles. The molecule has 1 aliphatic heterocycles. The molecule has 0 spiro atoms. The van der Waals surface area contributed by atoms with Gasteiger partial charge in [0, 0.05) is 30.6 Å². The van der Waals surface area contributed by atoms with Crippen molar-refractivity contribution in [3.05, 3.63) is 22.9 Å². The fraction of sp³-hybridized carbons (Fsp3) is 0.333. The van der Waals surface area contributed by atoms with Gasteiger partial charge in [-0.15, -0.1) is 0 Å². The first-order valence-electron chi connectivity index (χ1n) is 4.26. The molecule has 0 bridgehead atoms. The third-order valence-electron chi connectivity index (χ3n) is 2.15. The van der Waals surface area contributed by atoms with Gasteiger partial charge in [0.15, 0.2) is 0 Å². The standard InChI is InChI=1S/C9H9BrN2OS/c10-7-4-11-2-1-8(7)12-5-6(14)3-9(12)13/h1-2,4,6,14H,3,5H2. The molecule has 1 aromatic heterocycles. The number of thiol groups is 1. The van der Waals surface area contributed by atoms with Crippen molar-refractivity contribution in [2.24, 2.45) is 0 Å². The van der Waals surface area contributed by atoms with Crippen LogP contribution in [0.15, 0.2) is 22.9 Å².